The summed E-state index contributed by atoms with van der Waals surface area (Å²) in [4.78, 5) is 0. The lowest BCUT2D eigenvalue weighted by atomic mass is 10.2. The molecule has 4 heteroatoms. The Morgan fingerprint density at radius 1 is 1.31 bits per heavy atom. The van der Waals surface area contributed by atoms with Gasteiger partial charge in [0.1, 0.15) is 19.1 Å². The molecule has 1 aliphatic heterocycles. The number of hydrogen-bond donors (Lipinski definition) is 1. The third kappa shape index (κ3) is 3.20. The van der Waals surface area contributed by atoms with E-state index in [1.165, 1.54) is 0 Å². The predicted octanol–water partition coefficient (Wildman–Crippen LogP) is 1.29. The van der Waals surface area contributed by atoms with E-state index in [-0.39, 0.29) is 6.10 Å². The summed E-state index contributed by atoms with van der Waals surface area (Å²) in [6, 6.07) is 7.81. The Bertz CT molecular complexity index is 307. The second-order valence-electron chi connectivity index (χ2n) is 3.76. The molecule has 0 bridgehead atoms. The van der Waals surface area contributed by atoms with Crippen LogP contribution in [0.2, 0.25) is 0 Å². The van der Waals surface area contributed by atoms with E-state index in [1.807, 2.05) is 24.3 Å². The Labute approximate surface area is 95.3 Å². The molecule has 88 valence electrons. The minimum absolute atomic E-state index is 0.142. The molecular formula is C12H17NO3. The van der Waals surface area contributed by atoms with Crippen molar-refractivity contribution in [1.29, 1.82) is 0 Å². The van der Waals surface area contributed by atoms with Gasteiger partial charge in [-0.2, -0.15) is 0 Å². The third-order valence-electron chi connectivity index (χ3n) is 2.57. The molecule has 4 nitrogen and oxygen atoms in total. The van der Waals surface area contributed by atoms with Gasteiger partial charge in [-0.3, -0.25) is 0 Å². The molecule has 1 aromatic rings. The molecule has 0 aliphatic carbocycles. The van der Waals surface area contributed by atoms with Gasteiger partial charge in [0, 0.05) is 13.0 Å². The Hall–Kier alpha value is -1.10. The van der Waals surface area contributed by atoms with Crippen molar-refractivity contribution < 1.29 is 14.2 Å². The lowest BCUT2D eigenvalue weighted by molar-refractivity contribution is -0.147. The number of rotatable bonds is 4. The molecule has 0 spiro atoms. The van der Waals surface area contributed by atoms with E-state index >= 15 is 0 Å². The highest BCUT2D eigenvalue weighted by molar-refractivity contribution is 5.27. The maximum atomic E-state index is 5.62. The molecule has 1 unspecified atom stereocenters. The summed E-state index contributed by atoms with van der Waals surface area (Å²) < 4.78 is 16.1. The van der Waals surface area contributed by atoms with Crippen LogP contribution >= 0.6 is 0 Å². The van der Waals surface area contributed by atoms with Gasteiger partial charge in [-0.25, -0.2) is 0 Å². The van der Waals surface area contributed by atoms with E-state index in [2.05, 4.69) is 0 Å². The van der Waals surface area contributed by atoms with Crippen LogP contribution in [0, 0.1) is 0 Å². The molecule has 0 amide bonds. The second-order valence-corrected chi connectivity index (χ2v) is 3.76. The first-order valence-corrected chi connectivity index (χ1v) is 5.49. The zero-order valence-electron chi connectivity index (χ0n) is 9.22. The van der Waals surface area contributed by atoms with Gasteiger partial charge < -0.3 is 19.9 Å². The highest BCUT2D eigenvalue weighted by Crippen LogP contribution is 2.14. The van der Waals surface area contributed by atoms with Crippen LogP contribution in [0.15, 0.2) is 24.3 Å². The molecule has 16 heavy (non-hydrogen) atoms. The molecule has 2 N–H and O–H groups in total. The second kappa shape index (κ2) is 5.84. The van der Waals surface area contributed by atoms with Gasteiger partial charge in [-0.05, 0) is 17.7 Å². The van der Waals surface area contributed by atoms with Crippen molar-refractivity contribution in [2.24, 2.45) is 5.73 Å². The van der Waals surface area contributed by atoms with Gasteiger partial charge in [0.25, 0.3) is 0 Å². The summed E-state index contributed by atoms with van der Waals surface area (Å²) in [5.41, 5.74) is 6.62. The van der Waals surface area contributed by atoms with Gasteiger partial charge in [0.15, 0.2) is 0 Å². The van der Waals surface area contributed by atoms with Crippen molar-refractivity contribution in [3.63, 3.8) is 0 Å². The van der Waals surface area contributed by atoms with Crippen molar-refractivity contribution in [3.05, 3.63) is 29.8 Å². The molecule has 0 saturated carbocycles. The number of nitrogens with two attached hydrogens (primary N) is 1. The summed E-state index contributed by atoms with van der Waals surface area (Å²) in [6.07, 6.45) is 1.03. The monoisotopic (exact) mass is 223 g/mol. The first-order valence-electron chi connectivity index (χ1n) is 5.49. The maximum absolute atomic E-state index is 5.62. The van der Waals surface area contributed by atoms with E-state index in [1.54, 1.807) is 0 Å². The fraction of sp³-hybridized carbons (Fsp3) is 0.500. The molecule has 1 saturated heterocycles. The maximum Gasteiger partial charge on any atom is 0.147 e. The van der Waals surface area contributed by atoms with Crippen molar-refractivity contribution in [2.45, 2.75) is 19.1 Å². The average Bonchev–Trinajstić information content (AvgIpc) is 2.38. The minimum atomic E-state index is 0.142. The van der Waals surface area contributed by atoms with E-state index in [4.69, 9.17) is 19.9 Å². The number of hydrogen-bond acceptors (Lipinski definition) is 4. The van der Waals surface area contributed by atoms with Crippen LogP contribution in [0.3, 0.4) is 0 Å². The van der Waals surface area contributed by atoms with Crippen LogP contribution in [0.25, 0.3) is 0 Å². The zero-order valence-corrected chi connectivity index (χ0v) is 9.22. The van der Waals surface area contributed by atoms with E-state index in [9.17, 15) is 0 Å². The molecule has 1 fully saturated rings. The largest absolute Gasteiger partial charge is 0.491 e. The van der Waals surface area contributed by atoms with Crippen LogP contribution in [-0.4, -0.2) is 26.1 Å². The van der Waals surface area contributed by atoms with E-state index in [0.717, 1.165) is 24.3 Å². The highest BCUT2D eigenvalue weighted by Gasteiger charge is 2.14. The molecule has 2 rings (SSSR count). The fourth-order valence-electron chi connectivity index (χ4n) is 1.54. The first kappa shape index (κ1) is 11.4. The van der Waals surface area contributed by atoms with Gasteiger partial charge in [-0.1, -0.05) is 12.1 Å². The van der Waals surface area contributed by atoms with Gasteiger partial charge in [-0.15, -0.1) is 0 Å². The Balaban J connectivity index is 1.79. The van der Waals surface area contributed by atoms with Gasteiger partial charge >= 0.3 is 0 Å². The summed E-state index contributed by atoms with van der Waals surface area (Å²) in [6.45, 7) is 2.26. The SMILES string of the molecule is NCc1ccc(OCC2CCOCO2)cc1. The zero-order chi connectivity index (χ0) is 11.2. The first-order chi connectivity index (χ1) is 7.88. The topological polar surface area (TPSA) is 53.7 Å². The molecule has 1 aliphatic rings. The molecule has 1 aromatic carbocycles. The molecular weight excluding hydrogens is 206 g/mol. The lowest BCUT2D eigenvalue weighted by Crippen LogP contribution is -2.29. The smallest absolute Gasteiger partial charge is 0.147 e. The molecule has 0 radical (unpaired) electrons. The van der Waals surface area contributed by atoms with Crippen molar-refractivity contribution in [1.82, 2.24) is 0 Å². The van der Waals surface area contributed by atoms with Crippen molar-refractivity contribution in [2.75, 3.05) is 20.0 Å². The Kier molecular flexibility index (Phi) is 4.16. The summed E-state index contributed by atoms with van der Waals surface area (Å²) >= 11 is 0. The van der Waals surface area contributed by atoms with E-state index in [0.29, 0.717) is 19.9 Å². The van der Waals surface area contributed by atoms with Crippen LogP contribution in [0.5, 0.6) is 5.75 Å². The lowest BCUT2D eigenvalue weighted by Gasteiger charge is -2.22. The van der Waals surface area contributed by atoms with Crippen molar-refractivity contribution in [3.8, 4) is 5.75 Å². The average molecular weight is 223 g/mol. The van der Waals surface area contributed by atoms with Gasteiger partial charge in [0.05, 0.1) is 12.7 Å². The number of benzene rings is 1. The molecule has 1 heterocycles. The number of ether oxygens (including phenoxy) is 3. The van der Waals surface area contributed by atoms with Crippen molar-refractivity contribution >= 4 is 0 Å². The van der Waals surface area contributed by atoms with Crippen LogP contribution in [-0.2, 0) is 16.0 Å². The quantitative estimate of drug-likeness (QED) is 0.835. The predicted molar refractivity (Wildman–Crippen MR) is 60.1 cm³/mol. The highest BCUT2D eigenvalue weighted by atomic mass is 16.7. The van der Waals surface area contributed by atoms with Gasteiger partial charge in [0.2, 0.25) is 0 Å². The standard InChI is InChI=1S/C12H17NO3/c13-7-10-1-3-11(4-2-10)15-8-12-5-6-14-9-16-12/h1-4,12H,5-9,13H2. The summed E-state index contributed by atoms with van der Waals surface area (Å²) in [5, 5.41) is 0. The third-order valence-corrected chi connectivity index (χ3v) is 2.57. The Morgan fingerprint density at radius 2 is 2.12 bits per heavy atom. The molecule has 1 atom stereocenters. The molecule has 0 aromatic heterocycles. The van der Waals surface area contributed by atoms with Crippen LogP contribution < -0.4 is 10.5 Å². The summed E-state index contributed by atoms with van der Waals surface area (Å²) in [7, 11) is 0. The van der Waals surface area contributed by atoms with Crippen LogP contribution in [0.4, 0.5) is 0 Å². The minimum Gasteiger partial charge on any atom is -0.491 e. The normalized spacial score (nSPS) is 20.7. The summed E-state index contributed by atoms with van der Waals surface area (Å²) in [5.74, 6) is 0.854. The van der Waals surface area contributed by atoms with Crippen LogP contribution in [0.1, 0.15) is 12.0 Å². The van der Waals surface area contributed by atoms with E-state index < -0.39 is 0 Å². The fourth-order valence-corrected chi connectivity index (χ4v) is 1.54. The Morgan fingerprint density at radius 3 is 2.75 bits per heavy atom.